The molecule has 4 saturated heterocycles. The predicted molar refractivity (Wildman–Crippen MR) is 378 cm³/mol. The highest BCUT2D eigenvalue weighted by molar-refractivity contribution is 5.99. The monoisotopic (exact) mass is 1540 g/mol. The summed E-state index contributed by atoms with van der Waals surface area (Å²) in [7, 11) is 7.83. The second-order valence-corrected chi connectivity index (χ2v) is 29.1. The van der Waals surface area contributed by atoms with Crippen LogP contribution < -0.4 is 16.0 Å². The van der Waals surface area contributed by atoms with Crippen molar-refractivity contribution in [1.82, 2.24) is 60.0 Å². The summed E-state index contributed by atoms with van der Waals surface area (Å²) in [6.07, 6.45) is -12.4. The standard InChI is InChI=1S/C74H106F8N12O14/c1-15-43(6)62-71(105)87(10)45(8)66(100)93-29-27-53(93)69(103)89(12)56(37-46-21-24-48(25-22-46)73(77,78)79)68(102)86(9)41-58(95)84-52(26-23-47-35-50(75)61(51(76)36-47)74(80,81)82)67(101)94-40-49(108-17-3)38-55(94)64(98)83-28-19-18-20-59(96)91(14)63(44(7)16-2)72(106)90(13)57(70(104)92-30-32-107-33-31-92)39-60(97)88(11)54(34-42(4)5)65(99)85-62/h21-22,24-25,35-36,42-45,49,52-57,62-63H,15-20,23,26-34,37-41H2,1-14H3,(H,83,98)(H,84,95)(H,85,99)/t43-,44-,45-,49+,52-,53-,54-,55-,56-,57-,62?,63-/m0/s1. The third kappa shape index (κ3) is 22.1. The number of benzene rings is 2. The predicted octanol–water partition coefficient (Wildman–Crippen LogP) is 5.05. The molecule has 34 heteroatoms. The fraction of sp³-hybridized carbons (Fsp3) is 0.676. The number of nitrogens with one attached hydrogen (secondary N) is 3. The first kappa shape index (κ1) is 88.3. The molecule has 0 aliphatic carbocycles. The van der Waals surface area contributed by atoms with Gasteiger partial charge in [0.2, 0.25) is 70.9 Å². The van der Waals surface area contributed by atoms with E-state index < -0.39 is 211 Å². The summed E-state index contributed by atoms with van der Waals surface area (Å²) in [4.78, 5) is 187. The highest BCUT2D eigenvalue weighted by Crippen LogP contribution is 2.36. The van der Waals surface area contributed by atoms with Gasteiger partial charge in [0.1, 0.15) is 71.6 Å². The van der Waals surface area contributed by atoms with Gasteiger partial charge in [0, 0.05) is 101 Å². The Balaban J connectivity index is 1.41. The van der Waals surface area contributed by atoms with Gasteiger partial charge in [-0.2, -0.15) is 26.3 Å². The number of carbonyl (C=O) groups is 12. The van der Waals surface area contributed by atoms with E-state index in [2.05, 4.69) is 16.0 Å². The summed E-state index contributed by atoms with van der Waals surface area (Å²) < 4.78 is 124. The number of halogens is 8. The van der Waals surface area contributed by atoms with Gasteiger partial charge in [-0.15, -0.1) is 0 Å². The van der Waals surface area contributed by atoms with E-state index in [0.717, 1.165) is 60.7 Å². The van der Waals surface area contributed by atoms with Gasteiger partial charge in [-0.3, -0.25) is 57.5 Å². The van der Waals surface area contributed by atoms with Crippen LogP contribution in [0.1, 0.15) is 142 Å². The van der Waals surface area contributed by atoms with Crippen LogP contribution in [-0.4, -0.2) is 277 Å². The average molecular weight is 1540 g/mol. The van der Waals surface area contributed by atoms with Crippen LogP contribution in [0.5, 0.6) is 0 Å². The molecule has 26 nitrogen and oxygen atoms in total. The minimum atomic E-state index is -5.44. The van der Waals surface area contributed by atoms with E-state index in [1.54, 1.807) is 27.7 Å². The van der Waals surface area contributed by atoms with Crippen LogP contribution in [0.3, 0.4) is 0 Å². The summed E-state index contributed by atoms with van der Waals surface area (Å²) in [5, 5.41) is 8.13. The molecular weight excluding hydrogens is 1430 g/mol. The third-order valence-corrected chi connectivity index (χ3v) is 21.2. The SMILES string of the molecule is CCO[C@@H]1C[C@H]2C(=O)NCCCCC(=O)N(C)[C@@H]([C@@H](C)CC)C(=O)N(C)[C@H](C(=O)N3CCOCC3)CC(=O)N(C)[C@@H](CC(C)C)C(=O)NC([C@@H](C)CC)C(=O)N(C)[C@@H](C)C(=O)N3CC[C@H]3C(=O)N(C)[C@@H](Cc3ccc(C(F)(F)F)cc3)C(=O)N(C)CC(=O)N[C@@H](CCc3cc(F)c(C(F)(F)F)c(F)c3)C(=O)N2C1. The molecule has 0 saturated carbocycles. The van der Waals surface area contributed by atoms with Gasteiger partial charge in [-0.25, -0.2) is 8.78 Å². The maximum absolute atomic E-state index is 15.1. The number of aryl methyl sites for hydroxylation is 1. The summed E-state index contributed by atoms with van der Waals surface area (Å²) in [5.41, 5.74) is -3.50. The lowest BCUT2D eigenvalue weighted by Crippen LogP contribution is -2.65. The Labute approximate surface area is 625 Å². The van der Waals surface area contributed by atoms with Crippen LogP contribution >= 0.6 is 0 Å². The number of hydrogen-bond donors (Lipinski definition) is 3. The van der Waals surface area contributed by atoms with Crippen molar-refractivity contribution in [1.29, 1.82) is 0 Å². The second kappa shape index (κ2) is 38.7. The maximum Gasteiger partial charge on any atom is 0.422 e. The normalized spacial score (nSPS) is 25.9. The van der Waals surface area contributed by atoms with Crippen molar-refractivity contribution in [3.63, 3.8) is 0 Å². The number of carbonyl (C=O) groups excluding carboxylic acids is 12. The van der Waals surface area contributed by atoms with Crippen molar-refractivity contribution in [3.8, 4) is 0 Å². The van der Waals surface area contributed by atoms with Gasteiger partial charge in [0.25, 0.3) is 0 Å². The molecule has 2 aromatic carbocycles. The zero-order valence-electron chi connectivity index (χ0n) is 64.1. The van der Waals surface area contributed by atoms with Crippen LogP contribution in [0.15, 0.2) is 36.4 Å². The molecule has 0 radical (unpaired) electrons. The van der Waals surface area contributed by atoms with Crippen molar-refractivity contribution >= 4 is 70.9 Å². The Morgan fingerprint density at radius 2 is 1.26 bits per heavy atom. The first-order valence-corrected chi connectivity index (χ1v) is 36.8. The van der Waals surface area contributed by atoms with Crippen LogP contribution in [0.25, 0.3) is 0 Å². The fourth-order valence-electron chi connectivity index (χ4n) is 13.9. The highest BCUT2D eigenvalue weighted by Gasteiger charge is 2.48. The summed E-state index contributed by atoms with van der Waals surface area (Å²) in [5.74, 6) is -14.7. The maximum atomic E-state index is 15.1. The van der Waals surface area contributed by atoms with Crippen LogP contribution in [-0.2, 0) is 92.2 Å². The van der Waals surface area contributed by atoms with Crippen molar-refractivity contribution < 1.29 is 102 Å². The van der Waals surface area contributed by atoms with Crippen LogP contribution in [0, 0.1) is 29.4 Å². The topological polar surface area (TPSA) is 289 Å². The fourth-order valence-corrected chi connectivity index (χ4v) is 13.9. The van der Waals surface area contributed by atoms with E-state index in [0.29, 0.717) is 25.0 Å². The summed E-state index contributed by atoms with van der Waals surface area (Å²) in [6, 6.07) is -8.11. The zero-order chi connectivity index (χ0) is 80.7. The molecular formula is C74H106F8N12O14. The van der Waals surface area contributed by atoms with E-state index in [1.807, 2.05) is 20.8 Å². The number of amides is 12. The minimum Gasteiger partial charge on any atom is -0.378 e. The van der Waals surface area contributed by atoms with Gasteiger partial charge < -0.3 is 69.5 Å². The van der Waals surface area contributed by atoms with Crippen LogP contribution in [0.2, 0.25) is 0 Å². The lowest BCUT2D eigenvalue weighted by molar-refractivity contribution is -0.160. The number of alkyl halides is 6. The van der Waals surface area contributed by atoms with E-state index in [9.17, 15) is 74.3 Å². The van der Waals surface area contributed by atoms with E-state index in [1.165, 1.54) is 56.9 Å². The Bertz CT molecular complexity index is 3520. The highest BCUT2D eigenvalue weighted by atomic mass is 19.4. The Kier molecular flexibility index (Phi) is 31.6. The van der Waals surface area contributed by atoms with Crippen LogP contribution in [0.4, 0.5) is 35.1 Å². The molecule has 4 fully saturated rings. The molecule has 602 valence electrons. The van der Waals surface area contributed by atoms with Gasteiger partial charge in [0.05, 0.1) is 37.8 Å². The largest absolute Gasteiger partial charge is 0.422 e. The first-order valence-electron chi connectivity index (χ1n) is 36.8. The smallest absolute Gasteiger partial charge is 0.378 e. The van der Waals surface area contributed by atoms with Gasteiger partial charge in [0.15, 0.2) is 0 Å². The molecule has 0 spiro atoms. The quantitative estimate of drug-likeness (QED) is 0.209. The summed E-state index contributed by atoms with van der Waals surface area (Å²) >= 11 is 0. The molecule has 1 unspecified atom stereocenters. The zero-order valence-corrected chi connectivity index (χ0v) is 64.1. The number of hydrogen-bond acceptors (Lipinski definition) is 14. The van der Waals surface area contributed by atoms with Crippen molar-refractivity contribution in [2.24, 2.45) is 17.8 Å². The molecule has 12 amide bonds. The molecule has 2 aromatic rings. The minimum absolute atomic E-state index is 0.0193. The number of rotatable bonds is 14. The Morgan fingerprint density at radius 1 is 0.639 bits per heavy atom. The molecule has 0 bridgehead atoms. The van der Waals surface area contributed by atoms with Crippen molar-refractivity contribution in [2.45, 2.75) is 205 Å². The molecule has 3 N–H and O–H groups in total. The lowest BCUT2D eigenvalue weighted by atomic mass is 9.94. The number of nitrogens with zero attached hydrogens (tertiary/aromatic N) is 9. The van der Waals surface area contributed by atoms with Crippen molar-refractivity contribution in [3.05, 3.63) is 70.3 Å². The molecule has 0 aromatic heterocycles. The van der Waals surface area contributed by atoms with Crippen molar-refractivity contribution in [2.75, 3.05) is 101 Å². The number of morpholine rings is 1. The second-order valence-electron chi connectivity index (χ2n) is 29.1. The molecule has 108 heavy (non-hydrogen) atoms. The van der Waals surface area contributed by atoms with Gasteiger partial charge >= 0.3 is 12.4 Å². The Morgan fingerprint density at radius 3 is 1.81 bits per heavy atom. The Hall–Kier alpha value is -8.56. The van der Waals surface area contributed by atoms with E-state index in [-0.39, 0.29) is 108 Å². The third-order valence-electron chi connectivity index (χ3n) is 21.2. The van der Waals surface area contributed by atoms with Gasteiger partial charge in [-0.1, -0.05) is 66.5 Å². The molecule has 4 heterocycles. The average Bonchev–Trinajstić information content (AvgIpc) is 0.796. The van der Waals surface area contributed by atoms with Gasteiger partial charge in [-0.05, 0) is 106 Å². The molecule has 12 atom stereocenters. The van der Waals surface area contributed by atoms with E-state index in [4.69, 9.17) is 9.47 Å². The molecule has 4 aliphatic rings. The first-order chi connectivity index (χ1) is 50.6. The lowest BCUT2D eigenvalue weighted by Gasteiger charge is -2.45. The number of fused-ring (bicyclic) bond motifs is 2. The molecule has 6 rings (SSSR count). The van der Waals surface area contributed by atoms with E-state index >= 15 is 18.4 Å². The summed E-state index contributed by atoms with van der Waals surface area (Å²) in [6.45, 7) is 13.1. The number of ether oxygens (including phenoxy) is 2. The molecule has 4 aliphatic heterocycles. The number of likely N-dealkylation sites (N-methyl/N-ethyl adjacent to an activating group) is 6.